The number of nitrogens with one attached hydrogen (secondary N) is 1. The molecule has 0 aliphatic carbocycles. The Bertz CT molecular complexity index is 1210. The van der Waals surface area contributed by atoms with E-state index in [0.717, 1.165) is 52.7 Å². The number of para-hydroxylation sites is 1. The van der Waals surface area contributed by atoms with E-state index in [2.05, 4.69) is 22.2 Å². The van der Waals surface area contributed by atoms with E-state index in [4.69, 9.17) is 14.4 Å². The molecule has 166 valence electrons. The normalized spacial score (nSPS) is 14.0. The summed E-state index contributed by atoms with van der Waals surface area (Å²) in [6.07, 6.45) is 5.28. The zero-order valence-electron chi connectivity index (χ0n) is 18.1. The summed E-state index contributed by atoms with van der Waals surface area (Å²) in [5.74, 6) is 2.04. The molecule has 32 heavy (non-hydrogen) atoms. The van der Waals surface area contributed by atoms with Gasteiger partial charge in [-0.15, -0.1) is 0 Å². The van der Waals surface area contributed by atoms with Gasteiger partial charge in [0.2, 0.25) is 0 Å². The van der Waals surface area contributed by atoms with Crippen molar-refractivity contribution in [1.82, 2.24) is 25.1 Å². The number of hydrogen-bond acceptors (Lipinski definition) is 7. The van der Waals surface area contributed by atoms with Gasteiger partial charge in [0.25, 0.3) is 5.91 Å². The van der Waals surface area contributed by atoms with Gasteiger partial charge in [-0.25, -0.2) is 14.6 Å². The van der Waals surface area contributed by atoms with Gasteiger partial charge >= 0.3 is 0 Å². The van der Waals surface area contributed by atoms with Gasteiger partial charge in [-0.3, -0.25) is 4.79 Å². The first-order chi connectivity index (χ1) is 15.7. The predicted molar refractivity (Wildman–Crippen MR) is 126 cm³/mol. The second-order valence-electron chi connectivity index (χ2n) is 7.88. The molecule has 8 nitrogen and oxygen atoms in total. The van der Waals surface area contributed by atoms with E-state index >= 15 is 0 Å². The lowest BCUT2D eigenvalue weighted by molar-refractivity contribution is 0.0926. The number of fused-ring (bicyclic) bond motifs is 2. The van der Waals surface area contributed by atoms with E-state index in [1.807, 2.05) is 35.1 Å². The first kappa shape index (κ1) is 20.8. The third-order valence-electron chi connectivity index (χ3n) is 5.55. The largest absolute Gasteiger partial charge is 0.451 e. The molecular formula is C23H26N6O2S. The zero-order valence-corrected chi connectivity index (χ0v) is 18.9. The molecule has 1 saturated heterocycles. The maximum atomic E-state index is 12.5. The summed E-state index contributed by atoms with van der Waals surface area (Å²) in [7, 11) is 0. The van der Waals surface area contributed by atoms with Crippen LogP contribution in [0, 0.1) is 0 Å². The molecule has 4 heterocycles. The fourth-order valence-electron chi connectivity index (χ4n) is 3.97. The molecule has 1 aromatic carbocycles. The molecule has 0 spiro atoms. The van der Waals surface area contributed by atoms with Crippen molar-refractivity contribution in [3.63, 3.8) is 0 Å². The Morgan fingerprint density at radius 1 is 1.22 bits per heavy atom. The van der Waals surface area contributed by atoms with Crippen LogP contribution in [0.3, 0.4) is 0 Å². The van der Waals surface area contributed by atoms with Crippen molar-refractivity contribution >= 4 is 45.5 Å². The summed E-state index contributed by atoms with van der Waals surface area (Å²) in [4.78, 5) is 24.5. The van der Waals surface area contributed by atoms with Crippen LogP contribution in [0.1, 0.15) is 36.7 Å². The van der Waals surface area contributed by atoms with Crippen LogP contribution < -0.4 is 10.2 Å². The number of carbonyl (C=O) groups excluding carboxylic acids is 1. The molecule has 0 atom stereocenters. The Hall–Kier alpha value is -3.07. The van der Waals surface area contributed by atoms with Gasteiger partial charge < -0.3 is 14.6 Å². The van der Waals surface area contributed by atoms with Crippen molar-refractivity contribution in [3.05, 3.63) is 42.3 Å². The van der Waals surface area contributed by atoms with Crippen LogP contribution in [0.25, 0.3) is 22.0 Å². The van der Waals surface area contributed by atoms with Crippen LogP contribution in [-0.2, 0) is 6.54 Å². The van der Waals surface area contributed by atoms with Crippen LogP contribution in [0.2, 0.25) is 0 Å². The second kappa shape index (κ2) is 9.20. The quantitative estimate of drug-likeness (QED) is 0.319. The lowest BCUT2D eigenvalue weighted by atomic mass is 10.2. The Labute approximate surface area is 190 Å². The van der Waals surface area contributed by atoms with E-state index in [0.29, 0.717) is 24.4 Å². The van der Waals surface area contributed by atoms with Gasteiger partial charge in [0, 0.05) is 30.8 Å². The number of anilines is 1. The second-order valence-corrected chi connectivity index (χ2v) is 8.94. The van der Waals surface area contributed by atoms with Gasteiger partial charge in [0.1, 0.15) is 11.4 Å². The molecule has 1 aliphatic rings. The van der Waals surface area contributed by atoms with E-state index in [-0.39, 0.29) is 5.91 Å². The minimum absolute atomic E-state index is 0.232. The highest BCUT2D eigenvalue weighted by atomic mass is 32.2. The first-order valence-corrected chi connectivity index (χ1v) is 12.1. The summed E-state index contributed by atoms with van der Waals surface area (Å²) < 4.78 is 7.50. The van der Waals surface area contributed by atoms with Gasteiger partial charge in [-0.2, -0.15) is 5.10 Å². The highest BCUT2D eigenvalue weighted by Crippen LogP contribution is 2.29. The molecule has 4 aromatic rings. The van der Waals surface area contributed by atoms with Crippen LogP contribution in [0.15, 0.2) is 46.1 Å². The maximum absolute atomic E-state index is 12.5. The summed E-state index contributed by atoms with van der Waals surface area (Å²) in [6, 6.07) is 9.36. The van der Waals surface area contributed by atoms with E-state index in [9.17, 15) is 4.79 Å². The molecule has 9 heteroatoms. The molecule has 1 aliphatic heterocycles. The highest BCUT2D eigenvalue weighted by Gasteiger charge is 2.21. The Kier molecular flexibility index (Phi) is 5.98. The van der Waals surface area contributed by atoms with Crippen molar-refractivity contribution in [3.8, 4) is 0 Å². The Morgan fingerprint density at radius 2 is 2.06 bits per heavy atom. The van der Waals surface area contributed by atoms with Crippen molar-refractivity contribution in [2.45, 2.75) is 37.9 Å². The fourth-order valence-corrected chi connectivity index (χ4v) is 4.66. The molecule has 0 bridgehead atoms. The van der Waals surface area contributed by atoms with Gasteiger partial charge in [0.05, 0.1) is 18.1 Å². The van der Waals surface area contributed by atoms with Crippen LogP contribution in [0.5, 0.6) is 0 Å². The van der Waals surface area contributed by atoms with Crippen molar-refractivity contribution in [2.75, 3.05) is 30.3 Å². The lowest BCUT2D eigenvalue weighted by Gasteiger charge is -2.18. The molecular weight excluding hydrogens is 424 g/mol. The molecule has 0 unspecified atom stereocenters. The standard InChI is InChI=1S/C23H26N6O2S/c1-2-13-32-23-26-20(28-10-5-6-11-28)17-15-25-29(21(17)27-23)12-9-24-22(30)19-14-16-7-3-4-8-18(16)31-19/h3-4,7-8,14-15H,2,5-6,9-13H2,1H3,(H,24,30). The fraction of sp³-hybridized carbons (Fsp3) is 0.391. The Morgan fingerprint density at radius 3 is 2.88 bits per heavy atom. The number of benzene rings is 1. The molecule has 1 amide bonds. The van der Waals surface area contributed by atoms with Gasteiger partial charge in [-0.05, 0) is 31.4 Å². The van der Waals surface area contributed by atoms with Gasteiger partial charge in [0.15, 0.2) is 16.6 Å². The number of thioether (sulfide) groups is 1. The first-order valence-electron chi connectivity index (χ1n) is 11.1. The van der Waals surface area contributed by atoms with Crippen molar-refractivity contribution in [1.29, 1.82) is 0 Å². The predicted octanol–water partition coefficient (Wildman–Crippen LogP) is 4.10. The number of hydrogen-bond donors (Lipinski definition) is 1. The molecule has 0 saturated carbocycles. The average molecular weight is 451 g/mol. The summed E-state index contributed by atoms with van der Waals surface area (Å²) in [5, 5.41) is 10.2. The number of rotatable bonds is 8. The van der Waals surface area contributed by atoms with Crippen LogP contribution >= 0.6 is 11.8 Å². The number of amides is 1. The number of aromatic nitrogens is 4. The van der Waals surface area contributed by atoms with E-state index < -0.39 is 0 Å². The molecule has 1 fully saturated rings. The number of furan rings is 1. The number of carbonyl (C=O) groups is 1. The topological polar surface area (TPSA) is 89.1 Å². The summed E-state index contributed by atoms with van der Waals surface area (Å²) >= 11 is 1.68. The highest BCUT2D eigenvalue weighted by molar-refractivity contribution is 7.99. The van der Waals surface area contributed by atoms with Crippen LogP contribution in [-0.4, -0.2) is 51.0 Å². The smallest absolute Gasteiger partial charge is 0.287 e. The molecule has 3 aromatic heterocycles. The number of nitrogens with zero attached hydrogens (tertiary/aromatic N) is 5. The minimum Gasteiger partial charge on any atom is -0.451 e. The molecule has 1 N–H and O–H groups in total. The molecule has 0 radical (unpaired) electrons. The Balaban J connectivity index is 1.33. The third-order valence-corrected chi connectivity index (χ3v) is 6.61. The van der Waals surface area contributed by atoms with Crippen LogP contribution in [0.4, 0.5) is 5.82 Å². The maximum Gasteiger partial charge on any atom is 0.287 e. The summed E-state index contributed by atoms with van der Waals surface area (Å²) in [5.41, 5.74) is 1.53. The van der Waals surface area contributed by atoms with E-state index in [1.54, 1.807) is 17.8 Å². The molecule has 5 rings (SSSR count). The average Bonchev–Trinajstić information content (AvgIpc) is 3.56. The summed E-state index contributed by atoms with van der Waals surface area (Å²) in [6.45, 7) is 5.13. The lowest BCUT2D eigenvalue weighted by Crippen LogP contribution is -2.27. The SMILES string of the molecule is CCCSc1nc(N2CCCC2)c2cnn(CCNC(=O)c3cc4ccccc4o3)c2n1. The zero-order chi connectivity index (χ0) is 21.9. The van der Waals surface area contributed by atoms with Crippen molar-refractivity contribution < 1.29 is 9.21 Å². The monoisotopic (exact) mass is 450 g/mol. The van der Waals surface area contributed by atoms with Crippen molar-refractivity contribution in [2.24, 2.45) is 0 Å². The third kappa shape index (κ3) is 4.17. The van der Waals surface area contributed by atoms with Gasteiger partial charge in [-0.1, -0.05) is 36.9 Å². The minimum atomic E-state index is -0.232. The van der Waals surface area contributed by atoms with E-state index in [1.165, 1.54) is 12.8 Å².